The van der Waals surface area contributed by atoms with Gasteiger partial charge in [-0.2, -0.15) is 0 Å². The minimum Gasteiger partial charge on any atom is -0.480 e. The van der Waals surface area contributed by atoms with Gasteiger partial charge in [0.25, 0.3) is 0 Å². The number of aromatic nitrogens is 2. The van der Waals surface area contributed by atoms with Crippen LogP contribution in [0.3, 0.4) is 0 Å². The highest BCUT2D eigenvalue weighted by molar-refractivity contribution is 5.97. The van der Waals surface area contributed by atoms with Gasteiger partial charge in [0.05, 0.1) is 12.4 Å². The van der Waals surface area contributed by atoms with Gasteiger partial charge in [0.1, 0.15) is 42.3 Å². The smallest absolute Gasteiger partial charge is 0.326 e. The number of carboxylic acid groups (broad SMARTS) is 1. The van der Waals surface area contributed by atoms with Gasteiger partial charge < -0.3 is 76.0 Å². The highest BCUT2D eigenvalue weighted by atomic mass is 16.4. The Morgan fingerprint density at radius 1 is 0.603 bits per heavy atom. The van der Waals surface area contributed by atoms with Crippen LogP contribution in [0, 0.1) is 17.8 Å². The van der Waals surface area contributed by atoms with E-state index >= 15 is 0 Å². The molecule has 0 radical (unpaired) electrons. The van der Waals surface area contributed by atoms with E-state index in [0.717, 1.165) is 0 Å². The van der Waals surface area contributed by atoms with Crippen molar-refractivity contribution >= 4 is 59.2 Å². The lowest BCUT2D eigenvalue weighted by Gasteiger charge is -2.29. The Labute approximate surface area is 427 Å². The van der Waals surface area contributed by atoms with Crippen molar-refractivity contribution in [1.82, 2.24) is 47.2 Å². The number of aliphatic imine (C=N–C) groups is 2. The molecule has 0 spiro atoms. The highest BCUT2D eigenvalue weighted by Crippen LogP contribution is 2.14. The molecule has 0 aliphatic carbocycles. The number of carboxylic acids is 1. The summed E-state index contributed by atoms with van der Waals surface area (Å²) in [5.41, 5.74) is 29.5. The summed E-state index contributed by atoms with van der Waals surface area (Å²) in [6.07, 6.45) is 4.01. The number of imidazole rings is 1. The van der Waals surface area contributed by atoms with Crippen molar-refractivity contribution in [3.8, 4) is 0 Å². The van der Waals surface area contributed by atoms with Gasteiger partial charge in [0, 0.05) is 37.8 Å². The number of rotatable bonds is 33. The van der Waals surface area contributed by atoms with Crippen molar-refractivity contribution in [3.05, 3.63) is 54.1 Å². The number of hydrogen-bond acceptors (Lipinski definition) is 12. The lowest BCUT2D eigenvalue weighted by atomic mass is 9.96. The van der Waals surface area contributed by atoms with Gasteiger partial charge in [-0.3, -0.25) is 43.5 Å². The predicted octanol–water partition coefficient (Wildman–Crippen LogP) is -1.73. The zero-order valence-corrected chi connectivity index (χ0v) is 43.1. The van der Waals surface area contributed by atoms with Crippen LogP contribution >= 0.6 is 0 Å². The van der Waals surface area contributed by atoms with Crippen molar-refractivity contribution < 1.29 is 43.5 Å². The number of nitrogens with zero attached hydrogens (tertiary/aromatic N) is 3. The molecule has 2 rings (SSSR count). The standard InChI is InChI=1S/C48H80N16O9/c1-8-28(6)38(45(71)63-37(46(72)73)22-30-14-10-9-11-15-30)64-44(70)36(21-27(4)5)62-42(68)34(17-13-19-56-48(52)53)59-41(67)33(16-12-18-55-47(50)51)60-43(69)35(20-26(2)3)61-39(65)29(7)58-40(66)32(49)23-31-24-54-25-57-31/h9-11,14-15,24-29,32-38H,8,12-13,16-23,49H2,1-7H3,(H,54,57)(H,58,66)(H,59,67)(H,60,69)(H,61,65)(H,62,68)(H,63,71)(H,64,70)(H,72,73)(H4,50,51,55)(H4,52,53,56)/t28-,29-,32-,33-,34-,35-,36-,37-,38-/m0/s1. The van der Waals surface area contributed by atoms with E-state index < -0.39 is 102 Å². The van der Waals surface area contributed by atoms with E-state index in [2.05, 4.69) is 57.2 Å². The zero-order chi connectivity index (χ0) is 54.8. The van der Waals surface area contributed by atoms with Crippen molar-refractivity contribution in [2.24, 2.45) is 56.4 Å². The Bertz CT molecular complexity index is 2150. The van der Waals surface area contributed by atoms with Crippen molar-refractivity contribution in [2.45, 2.75) is 155 Å². The molecule has 9 atom stereocenters. The van der Waals surface area contributed by atoms with E-state index in [0.29, 0.717) is 17.7 Å². The highest BCUT2D eigenvalue weighted by Gasteiger charge is 2.35. The molecule has 25 heteroatoms. The molecule has 1 aromatic heterocycles. The number of guanidine groups is 2. The summed E-state index contributed by atoms with van der Waals surface area (Å²) >= 11 is 0. The van der Waals surface area contributed by atoms with Crippen molar-refractivity contribution in [3.63, 3.8) is 0 Å². The average Bonchev–Trinajstić information content (AvgIpc) is 3.84. The SMILES string of the molecule is CC[C@H](C)[C@H](NC(=O)[C@H](CC(C)C)NC(=O)[C@H](CCCN=C(N)N)NC(=O)[C@H](CCCN=C(N)N)NC(=O)[C@H](CC(C)C)NC(=O)[C@H](C)NC(=O)[C@@H](N)Cc1cnc[nH]1)C(=O)N[C@@H](Cc1ccccc1)C(=O)O. The Balaban J connectivity index is 2.41. The fraction of sp³-hybridized carbons (Fsp3) is 0.604. The van der Waals surface area contributed by atoms with Crippen LogP contribution in [-0.2, 0) is 51.2 Å². The number of benzene rings is 1. The molecular formula is C48H80N16O9. The summed E-state index contributed by atoms with van der Waals surface area (Å²) in [5.74, 6) is -7.53. The minimum atomic E-state index is -1.33. The van der Waals surface area contributed by atoms with E-state index in [-0.39, 0.29) is 88.2 Å². The second-order valence-electron chi connectivity index (χ2n) is 19.0. The molecule has 2 aromatic rings. The van der Waals surface area contributed by atoms with Gasteiger partial charge in [-0.25, -0.2) is 9.78 Å². The molecule has 73 heavy (non-hydrogen) atoms. The fourth-order valence-corrected chi connectivity index (χ4v) is 7.44. The number of carbonyl (C=O) groups is 8. The maximum absolute atomic E-state index is 14.3. The largest absolute Gasteiger partial charge is 0.480 e. The first kappa shape index (κ1) is 61.8. The maximum Gasteiger partial charge on any atom is 0.326 e. The van der Waals surface area contributed by atoms with E-state index in [1.807, 2.05) is 27.7 Å². The fourth-order valence-electron chi connectivity index (χ4n) is 7.44. The van der Waals surface area contributed by atoms with Crippen LogP contribution in [0.15, 0.2) is 52.8 Å². The number of H-pyrrole nitrogens is 1. The van der Waals surface area contributed by atoms with Gasteiger partial charge in [0.2, 0.25) is 41.4 Å². The average molecular weight is 1030 g/mol. The number of nitrogens with two attached hydrogens (primary N) is 5. The lowest BCUT2D eigenvalue weighted by molar-refractivity contribution is -0.142. The second-order valence-corrected chi connectivity index (χ2v) is 19.0. The Kier molecular flexibility index (Phi) is 27.0. The van der Waals surface area contributed by atoms with Crippen LogP contribution in [0.2, 0.25) is 0 Å². The molecule has 0 aliphatic heterocycles. The van der Waals surface area contributed by atoms with Crippen LogP contribution < -0.4 is 65.9 Å². The van der Waals surface area contributed by atoms with Crippen LogP contribution in [0.1, 0.15) is 105 Å². The summed E-state index contributed by atoms with van der Waals surface area (Å²) in [6, 6.07) is -0.952. The van der Waals surface area contributed by atoms with Crippen molar-refractivity contribution in [2.75, 3.05) is 13.1 Å². The summed E-state index contributed by atoms with van der Waals surface area (Å²) in [7, 11) is 0. The van der Waals surface area contributed by atoms with Gasteiger partial charge in [-0.15, -0.1) is 0 Å². The topological polar surface area (TPSA) is 424 Å². The van der Waals surface area contributed by atoms with Crippen LogP contribution in [0.4, 0.5) is 0 Å². The number of aromatic amines is 1. The van der Waals surface area contributed by atoms with E-state index in [9.17, 15) is 43.5 Å². The number of nitrogens with one attached hydrogen (secondary N) is 8. The number of carbonyl (C=O) groups excluding carboxylic acids is 7. The monoisotopic (exact) mass is 1020 g/mol. The number of hydrogen-bond donors (Lipinski definition) is 14. The van der Waals surface area contributed by atoms with E-state index in [1.165, 1.54) is 19.4 Å². The zero-order valence-electron chi connectivity index (χ0n) is 43.1. The molecule has 0 fully saturated rings. The third kappa shape index (κ3) is 23.6. The molecule has 25 nitrogen and oxygen atoms in total. The first-order chi connectivity index (χ1) is 34.4. The first-order valence-electron chi connectivity index (χ1n) is 24.6. The summed E-state index contributed by atoms with van der Waals surface area (Å²) in [4.78, 5) is 124. The predicted molar refractivity (Wildman–Crippen MR) is 275 cm³/mol. The van der Waals surface area contributed by atoms with Crippen molar-refractivity contribution in [1.29, 1.82) is 0 Å². The number of amides is 7. The van der Waals surface area contributed by atoms with E-state index in [1.54, 1.807) is 44.2 Å². The second kappa shape index (κ2) is 31.9. The van der Waals surface area contributed by atoms with Gasteiger partial charge >= 0.3 is 5.97 Å². The van der Waals surface area contributed by atoms with Crippen LogP contribution in [0.25, 0.3) is 0 Å². The minimum absolute atomic E-state index is 0.00780. The first-order valence-corrected chi connectivity index (χ1v) is 24.6. The molecule has 1 aromatic carbocycles. The van der Waals surface area contributed by atoms with E-state index in [4.69, 9.17) is 28.7 Å². The number of aliphatic carboxylic acids is 1. The molecule has 0 aliphatic rings. The summed E-state index contributed by atoms with van der Waals surface area (Å²) < 4.78 is 0. The molecule has 19 N–H and O–H groups in total. The maximum atomic E-state index is 14.3. The lowest BCUT2D eigenvalue weighted by Crippen LogP contribution is -2.60. The normalized spacial score (nSPS) is 14.8. The molecule has 406 valence electrons. The molecule has 1 heterocycles. The van der Waals surface area contributed by atoms with Gasteiger partial charge in [0.15, 0.2) is 11.9 Å². The Morgan fingerprint density at radius 2 is 1.07 bits per heavy atom. The summed E-state index contributed by atoms with van der Waals surface area (Å²) in [5, 5.41) is 28.7. The van der Waals surface area contributed by atoms with Crippen LogP contribution in [-0.4, -0.2) is 136 Å². The Morgan fingerprint density at radius 3 is 1.52 bits per heavy atom. The molecule has 7 amide bonds. The molecule has 0 saturated carbocycles. The molecule has 0 unspecified atom stereocenters. The summed E-state index contributed by atoms with van der Waals surface area (Å²) in [6.45, 7) is 12.4. The molecule has 0 bridgehead atoms. The quantitative estimate of drug-likeness (QED) is 0.0215. The Hall–Kier alpha value is -7.31. The third-order valence-electron chi connectivity index (χ3n) is 11.6. The van der Waals surface area contributed by atoms with Gasteiger partial charge in [-0.1, -0.05) is 78.3 Å². The van der Waals surface area contributed by atoms with Gasteiger partial charge in [-0.05, 0) is 68.8 Å². The van der Waals surface area contributed by atoms with Crippen LogP contribution in [0.5, 0.6) is 0 Å². The molecule has 0 saturated heterocycles. The third-order valence-corrected chi connectivity index (χ3v) is 11.6. The molecular weight excluding hydrogens is 945 g/mol.